The second-order valence-corrected chi connectivity index (χ2v) is 6.40. The highest BCUT2D eigenvalue weighted by Crippen LogP contribution is 2.51. The van der Waals surface area contributed by atoms with Gasteiger partial charge in [-0.1, -0.05) is 42.0 Å². The van der Waals surface area contributed by atoms with Crippen LogP contribution in [0.5, 0.6) is 0 Å². The molecule has 2 saturated heterocycles. The molecule has 0 aromatic heterocycles. The Morgan fingerprint density at radius 1 is 1.41 bits per heavy atom. The zero-order valence-corrected chi connectivity index (χ0v) is 12.2. The average Bonchev–Trinajstić information content (AvgIpc) is 3.10. The van der Waals surface area contributed by atoms with Crippen LogP contribution in [0.1, 0.15) is 11.1 Å². The van der Waals surface area contributed by atoms with Crippen LogP contribution in [0.4, 0.5) is 0 Å². The monoisotopic (exact) mass is 298 g/mol. The number of benzene rings is 1. The van der Waals surface area contributed by atoms with Crippen LogP contribution in [0.3, 0.4) is 0 Å². The molecular formula is C17H16NO4-. The van der Waals surface area contributed by atoms with Gasteiger partial charge >= 0.3 is 0 Å². The van der Waals surface area contributed by atoms with Crippen molar-refractivity contribution in [3.8, 4) is 0 Å². The van der Waals surface area contributed by atoms with E-state index in [9.17, 15) is 14.7 Å². The first-order valence-corrected chi connectivity index (χ1v) is 7.42. The highest BCUT2D eigenvalue weighted by molar-refractivity contribution is 5.90. The Labute approximate surface area is 128 Å². The summed E-state index contributed by atoms with van der Waals surface area (Å²) < 4.78 is 5.82. The van der Waals surface area contributed by atoms with Crippen LogP contribution in [0, 0.1) is 18.8 Å². The summed E-state index contributed by atoms with van der Waals surface area (Å²) in [6.45, 7) is 2.88. The van der Waals surface area contributed by atoms with Gasteiger partial charge in [0.25, 0.3) is 0 Å². The van der Waals surface area contributed by atoms with Crippen molar-refractivity contribution in [3.63, 3.8) is 0 Å². The number of carbonyl (C=O) groups excluding carboxylic acids is 2. The van der Waals surface area contributed by atoms with Gasteiger partial charge < -0.3 is 19.5 Å². The lowest BCUT2D eigenvalue weighted by Crippen LogP contribution is -2.45. The van der Waals surface area contributed by atoms with Gasteiger partial charge in [0.2, 0.25) is 5.91 Å². The number of ether oxygens (including phenoxy) is 1. The topological polar surface area (TPSA) is 69.7 Å². The number of likely N-dealkylation sites (tertiary alicyclic amines) is 1. The summed E-state index contributed by atoms with van der Waals surface area (Å²) >= 11 is 0. The quantitative estimate of drug-likeness (QED) is 0.738. The van der Waals surface area contributed by atoms with Gasteiger partial charge in [0.15, 0.2) is 0 Å². The van der Waals surface area contributed by atoms with E-state index >= 15 is 0 Å². The Bertz CT molecular complexity index is 680. The summed E-state index contributed by atoms with van der Waals surface area (Å²) in [6, 6.07) is 7.97. The standard InChI is InChI=1S/C17H17NO4/c1-10-2-4-11(5-3-10)8-18-9-17-7-6-12(22-17)13(16(20)21)14(17)15(18)19/h2-7,12-14H,8-9H2,1H3,(H,20,21)/p-1/t12-,13-,14+,17-/m1/s1. The number of aryl methyl sites for hydroxylation is 1. The second-order valence-electron chi connectivity index (χ2n) is 6.40. The number of aliphatic carboxylic acids is 1. The van der Waals surface area contributed by atoms with E-state index in [0.717, 1.165) is 11.1 Å². The third kappa shape index (κ3) is 1.75. The minimum atomic E-state index is -1.20. The number of amides is 1. The number of hydrogen-bond donors (Lipinski definition) is 0. The Kier molecular flexibility index (Phi) is 2.72. The van der Waals surface area contributed by atoms with Gasteiger partial charge in [0.1, 0.15) is 5.60 Å². The number of carboxylic acid groups (broad SMARTS) is 1. The van der Waals surface area contributed by atoms with Crippen molar-refractivity contribution in [1.82, 2.24) is 4.90 Å². The normalized spacial score (nSPS) is 35.2. The fourth-order valence-electron chi connectivity index (χ4n) is 3.90. The first-order chi connectivity index (χ1) is 10.5. The highest BCUT2D eigenvalue weighted by Gasteiger charge is 2.65. The number of fused-ring (bicyclic) bond motifs is 1. The molecule has 1 aromatic rings. The molecule has 3 heterocycles. The number of rotatable bonds is 3. The minimum Gasteiger partial charge on any atom is -0.550 e. The zero-order chi connectivity index (χ0) is 15.5. The molecule has 4 atom stereocenters. The van der Waals surface area contributed by atoms with Gasteiger partial charge in [-0.3, -0.25) is 4.79 Å². The molecular weight excluding hydrogens is 282 g/mol. The maximum atomic E-state index is 12.7. The predicted octanol–water partition coefficient (Wildman–Crippen LogP) is 0.0269. The molecule has 0 N–H and O–H groups in total. The van der Waals surface area contributed by atoms with Crippen LogP contribution >= 0.6 is 0 Å². The fraction of sp³-hybridized carbons (Fsp3) is 0.412. The van der Waals surface area contributed by atoms with E-state index in [1.54, 1.807) is 11.0 Å². The zero-order valence-electron chi connectivity index (χ0n) is 12.2. The van der Waals surface area contributed by atoms with E-state index in [-0.39, 0.29) is 5.91 Å². The summed E-state index contributed by atoms with van der Waals surface area (Å²) in [4.78, 5) is 25.8. The van der Waals surface area contributed by atoms with Gasteiger partial charge in [-0.15, -0.1) is 0 Å². The second kappa shape index (κ2) is 4.43. The third-order valence-corrected chi connectivity index (χ3v) is 4.94. The van der Waals surface area contributed by atoms with Crippen LogP contribution in [0.25, 0.3) is 0 Å². The van der Waals surface area contributed by atoms with E-state index in [0.29, 0.717) is 13.1 Å². The molecule has 3 aliphatic rings. The lowest BCUT2D eigenvalue weighted by atomic mass is 9.77. The Morgan fingerprint density at radius 2 is 2.14 bits per heavy atom. The van der Waals surface area contributed by atoms with Gasteiger partial charge in [0, 0.05) is 18.4 Å². The Morgan fingerprint density at radius 3 is 2.82 bits per heavy atom. The third-order valence-electron chi connectivity index (χ3n) is 4.94. The van der Waals surface area contributed by atoms with Gasteiger partial charge in [-0.05, 0) is 12.5 Å². The molecule has 0 radical (unpaired) electrons. The SMILES string of the molecule is Cc1ccc(CN2C[C@@]34C=C[C@@H](O3)[C@@H](C(=O)[O-])[C@H]4C2=O)cc1. The molecule has 114 valence electrons. The number of hydrogen-bond acceptors (Lipinski definition) is 4. The maximum absolute atomic E-state index is 12.7. The van der Waals surface area contributed by atoms with E-state index in [1.807, 2.05) is 37.3 Å². The number of carbonyl (C=O) groups is 2. The van der Waals surface area contributed by atoms with Gasteiger partial charge in [-0.25, -0.2) is 0 Å². The van der Waals surface area contributed by atoms with Crippen molar-refractivity contribution in [2.24, 2.45) is 11.8 Å². The molecule has 1 aromatic carbocycles. The van der Waals surface area contributed by atoms with Gasteiger partial charge in [0.05, 0.1) is 18.6 Å². The minimum absolute atomic E-state index is 0.151. The van der Waals surface area contributed by atoms with Crippen LogP contribution in [0.2, 0.25) is 0 Å². The number of carboxylic acids is 1. The largest absolute Gasteiger partial charge is 0.550 e. The van der Waals surface area contributed by atoms with Crippen molar-refractivity contribution in [1.29, 1.82) is 0 Å². The van der Waals surface area contributed by atoms with E-state index in [4.69, 9.17) is 4.74 Å². The molecule has 4 rings (SSSR count). The summed E-state index contributed by atoms with van der Waals surface area (Å²) in [5.41, 5.74) is 1.41. The molecule has 0 unspecified atom stereocenters. The van der Waals surface area contributed by atoms with E-state index < -0.39 is 29.5 Å². The molecule has 0 saturated carbocycles. The van der Waals surface area contributed by atoms with Crippen molar-refractivity contribution in [2.45, 2.75) is 25.2 Å². The summed E-state index contributed by atoms with van der Waals surface area (Å²) in [7, 11) is 0. The molecule has 1 spiro atoms. The van der Waals surface area contributed by atoms with Crippen LogP contribution in [-0.2, 0) is 20.9 Å². The molecule has 22 heavy (non-hydrogen) atoms. The van der Waals surface area contributed by atoms with Gasteiger partial charge in [-0.2, -0.15) is 0 Å². The van der Waals surface area contributed by atoms with Crippen LogP contribution in [0.15, 0.2) is 36.4 Å². The highest BCUT2D eigenvalue weighted by atomic mass is 16.5. The van der Waals surface area contributed by atoms with Crippen LogP contribution in [-0.4, -0.2) is 35.0 Å². The van der Waals surface area contributed by atoms with Crippen molar-refractivity contribution in [3.05, 3.63) is 47.5 Å². The smallest absolute Gasteiger partial charge is 0.230 e. The lowest BCUT2D eigenvalue weighted by Gasteiger charge is -2.24. The average molecular weight is 298 g/mol. The molecule has 3 aliphatic heterocycles. The predicted molar refractivity (Wildman–Crippen MR) is 75.3 cm³/mol. The molecule has 2 fully saturated rings. The molecule has 5 nitrogen and oxygen atoms in total. The lowest BCUT2D eigenvalue weighted by molar-refractivity contribution is -0.313. The van der Waals surface area contributed by atoms with Crippen LogP contribution < -0.4 is 5.11 Å². The van der Waals surface area contributed by atoms with E-state index in [1.165, 1.54) is 0 Å². The van der Waals surface area contributed by atoms with Crippen molar-refractivity contribution in [2.75, 3.05) is 6.54 Å². The van der Waals surface area contributed by atoms with E-state index in [2.05, 4.69) is 0 Å². The summed E-state index contributed by atoms with van der Waals surface area (Å²) in [5.74, 6) is -2.88. The Balaban J connectivity index is 1.61. The maximum Gasteiger partial charge on any atom is 0.230 e. The fourth-order valence-corrected chi connectivity index (χ4v) is 3.90. The summed E-state index contributed by atoms with van der Waals surface area (Å²) in [6.07, 6.45) is 3.08. The molecule has 5 heteroatoms. The van der Waals surface area contributed by atoms with Crippen molar-refractivity contribution < 1.29 is 19.4 Å². The Hall–Kier alpha value is -2.14. The van der Waals surface area contributed by atoms with Crippen molar-refractivity contribution >= 4 is 11.9 Å². The molecule has 0 aliphatic carbocycles. The summed E-state index contributed by atoms with van der Waals surface area (Å²) in [5, 5.41) is 11.4. The number of nitrogens with zero attached hydrogens (tertiary/aromatic N) is 1. The molecule has 2 bridgehead atoms. The first-order valence-electron chi connectivity index (χ1n) is 7.42. The first kappa shape index (κ1) is 13.5. The molecule has 1 amide bonds.